The summed E-state index contributed by atoms with van der Waals surface area (Å²) in [6, 6.07) is 9.53. The van der Waals surface area contributed by atoms with Gasteiger partial charge in [0.25, 0.3) is 0 Å². The van der Waals surface area contributed by atoms with Crippen molar-refractivity contribution in [3.05, 3.63) is 42.1 Å². The molecule has 0 aliphatic rings. The molecule has 0 aliphatic heterocycles. The lowest BCUT2D eigenvalue weighted by atomic mass is 9.92. The fourth-order valence-electron chi connectivity index (χ4n) is 2.11. The van der Waals surface area contributed by atoms with E-state index in [-0.39, 0.29) is 0 Å². The third kappa shape index (κ3) is 2.28. The summed E-state index contributed by atoms with van der Waals surface area (Å²) in [5, 5.41) is 10.3. The molecule has 17 heavy (non-hydrogen) atoms. The monoisotopic (exact) mass is 229 g/mol. The van der Waals surface area contributed by atoms with Crippen molar-refractivity contribution in [1.29, 1.82) is 0 Å². The van der Waals surface area contributed by atoms with Crippen LogP contribution in [0.2, 0.25) is 0 Å². The Bertz CT molecular complexity index is 531. The Balaban J connectivity index is 2.56. The molecule has 1 heterocycles. The summed E-state index contributed by atoms with van der Waals surface area (Å²) in [6.07, 6.45) is 3.20. The second kappa shape index (κ2) is 4.95. The topological polar surface area (TPSA) is 50.2 Å². The highest BCUT2D eigenvalue weighted by atomic mass is 16.4. The second-order valence-corrected chi connectivity index (χ2v) is 4.10. The number of hydrogen-bond acceptors (Lipinski definition) is 2. The van der Waals surface area contributed by atoms with Crippen LogP contribution in [-0.4, -0.2) is 16.1 Å². The second-order valence-electron chi connectivity index (χ2n) is 4.10. The lowest BCUT2D eigenvalue weighted by molar-refractivity contribution is -0.138. The third-order valence-electron chi connectivity index (χ3n) is 2.91. The summed E-state index contributed by atoms with van der Waals surface area (Å²) in [5.41, 5.74) is 1.62. The molecule has 0 spiro atoms. The first-order valence-electron chi connectivity index (χ1n) is 5.80. The molecule has 0 saturated heterocycles. The van der Waals surface area contributed by atoms with Crippen LogP contribution < -0.4 is 0 Å². The number of fused-ring (bicyclic) bond motifs is 1. The molecule has 1 atom stereocenters. The van der Waals surface area contributed by atoms with Crippen molar-refractivity contribution < 1.29 is 9.90 Å². The summed E-state index contributed by atoms with van der Waals surface area (Å²) >= 11 is 0. The van der Waals surface area contributed by atoms with Crippen LogP contribution in [0.5, 0.6) is 0 Å². The Labute approximate surface area is 100 Å². The minimum Gasteiger partial charge on any atom is -0.481 e. The Morgan fingerprint density at radius 3 is 2.82 bits per heavy atom. The minimum atomic E-state index is -0.773. The number of carboxylic acids is 1. The number of hydrogen-bond donors (Lipinski definition) is 1. The molecule has 0 fully saturated rings. The highest BCUT2D eigenvalue weighted by Crippen LogP contribution is 2.27. The highest BCUT2D eigenvalue weighted by Gasteiger charge is 2.21. The average molecular weight is 229 g/mol. The van der Waals surface area contributed by atoms with Crippen LogP contribution in [-0.2, 0) is 4.79 Å². The number of carbonyl (C=O) groups is 1. The number of benzene rings is 1. The molecule has 1 aromatic carbocycles. The predicted molar refractivity (Wildman–Crippen MR) is 67.0 cm³/mol. The van der Waals surface area contributed by atoms with Crippen molar-refractivity contribution in [2.24, 2.45) is 0 Å². The molecule has 2 aromatic rings. The van der Waals surface area contributed by atoms with Crippen molar-refractivity contribution in [3.63, 3.8) is 0 Å². The Kier molecular flexibility index (Phi) is 3.38. The van der Waals surface area contributed by atoms with Crippen molar-refractivity contribution in [3.8, 4) is 0 Å². The van der Waals surface area contributed by atoms with Crippen LogP contribution in [0.1, 0.15) is 31.2 Å². The molecule has 88 valence electrons. The van der Waals surface area contributed by atoms with Gasteiger partial charge < -0.3 is 5.11 Å². The van der Waals surface area contributed by atoms with Gasteiger partial charge in [0.1, 0.15) is 0 Å². The van der Waals surface area contributed by atoms with Crippen LogP contribution in [0.15, 0.2) is 36.5 Å². The smallest absolute Gasteiger partial charge is 0.311 e. The number of para-hydroxylation sites is 1. The maximum Gasteiger partial charge on any atom is 0.311 e. The first kappa shape index (κ1) is 11.6. The summed E-state index contributed by atoms with van der Waals surface area (Å²) in [5.74, 6) is -1.23. The van der Waals surface area contributed by atoms with E-state index in [0.29, 0.717) is 6.42 Å². The first-order valence-corrected chi connectivity index (χ1v) is 5.80. The van der Waals surface area contributed by atoms with Crippen LogP contribution in [0.3, 0.4) is 0 Å². The van der Waals surface area contributed by atoms with E-state index in [9.17, 15) is 9.90 Å². The van der Waals surface area contributed by atoms with Gasteiger partial charge in [-0.25, -0.2) is 0 Å². The summed E-state index contributed by atoms with van der Waals surface area (Å²) in [4.78, 5) is 15.6. The van der Waals surface area contributed by atoms with Gasteiger partial charge >= 0.3 is 5.97 Å². The predicted octanol–water partition coefficient (Wildman–Crippen LogP) is 3.20. The summed E-state index contributed by atoms with van der Waals surface area (Å²) < 4.78 is 0. The maximum atomic E-state index is 11.3. The van der Waals surface area contributed by atoms with E-state index in [1.54, 1.807) is 6.20 Å². The Morgan fingerprint density at radius 2 is 2.12 bits per heavy atom. The molecule has 3 nitrogen and oxygen atoms in total. The number of rotatable bonds is 4. The lowest BCUT2D eigenvalue weighted by Gasteiger charge is -2.13. The molecule has 1 N–H and O–H groups in total. The zero-order valence-corrected chi connectivity index (χ0v) is 9.76. The quantitative estimate of drug-likeness (QED) is 0.875. The Morgan fingerprint density at radius 1 is 1.35 bits per heavy atom. The van der Waals surface area contributed by atoms with Crippen molar-refractivity contribution in [2.45, 2.75) is 25.7 Å². The van der Waals surface area contributed by atoms with Gasteiger partial charge in [0.15, 0.2) is 0 Å². The van der Waals surface area contributed by atoms with Crippen LogP contribution >= 0.6 is 0 Å². The molecule has 3 heteroatoms. The van der Waals surface area contributed by atoms with E-state index < -0.39 is 11.9 Å². The van der Waals surface area contributed by atoms with Crippen LogP contribution in [0.4, 0.5) is 0 Å². The fraction of sp³-hybridized carbons (Fsp3) is 0.286. The maximum absolute atomic E-state index is 11.3. The van der Waals surface area contributed by atoms with E-state index in [1.807, 2.05) is 37.3 Å². The molecule has 1 aromatic heterocycles. The van der Waals surface area contributed by atoms with E-state index >= 15 is 0 Å². The van der Waals surface area contributed by atoms with Crippen LogP contribution in [0, 0.1) is 0 Å². The standard InChI is InChI=1S/C14H15NO2/c1-2-5-12(14(16)17)11-8-3-6-10-7-4-9-15-13(10)11/h3-4,6-9,12H,2,5H2,1H3,(H,16,17). The number of nitrogens with zero attached hydrogens (tertiary/aromatic N) is 1. The Hall–Kier alpha value is -1.90. The van der Waals surface area contributed by atoms with E-state index in [1.165, 1.54) is 0 Å². The third-order valence-corrected chi connectivity index (χ3v) is 2.91. The molecule has 0 aliphatic carbocycles. The first-order chi connectivity index (χ1) is 8.24. The largest absolute Gasteiger partial charge is 0.481 e. The number of pyridine rings is 1. The van der Waals surface area contributed by atoms with Gasteiger partial charge in [-0.15, -0.1) is 0 Å². The van der Waals surface area contributed by atoms with Crippen LogP contribution in [0.25, 0.3) is 10.9 Å². The molecular weight excluding hydrogens is 214 g/mol. The molecule has 0 amide bonds. The molecule has 0 bridgehead atoms. The van der Waals surface area contributed by atoms with Gasteiger partial charge in [-0.2, -0.15) is 0 Å². The number of aliphatic carboxylic acids is 1. The molecule has 1 unspecified atom stereocenters. The molecule has 0 radical (unpaired) electrons. The van der Waals surface area contributed by atoms with Gasteiger partial charge in [0.05, 0.1) is 11.4 Å². The van der Waals surface area contributed by atoms with Gasteiger partial charge in [-0.3, -0.25) is 9.78 Å². The fourth-order valence-corrected chi connectivity index (χ4v) is 2.11. The molecule has 0 saturated carbocycles. The zero-order valence-electron chi connectivity index (χ0n) is 9.76. The summed E-state index contributed by atoms with van der Waals surface area (Å²) in [7, 11) is 0. The number of carboxylic acid groups (broad SMARTS) is 1. The van der Waals surface area contributed by atoms with Gasteiger partial charge in [-0.05, 0) is 18.1 Å². The van der Waals surface area contributed by atoms with E-state index in [2.05, 4.69) is 4.98 Å². The highest BCUT2D eigenvalue weighted by molar-refractivity contribution is 5.87. The minimum absolute atomic E-state index is 0.460. The zero-order chi connectivity index (χ0) is 12.3. The van der Waals surface area contributed by atoms with E-state index in [4.69, 9.17) is 0 Å². The van der Waals surface area contributed by atoms with Gasteiger partial charge in [-0.1, -0.05) is 37.6 Å². The molecular formula is C14H15NO2. The van der Waals surface area contributed by atoms with Crippen molar-refractivity contribution in [1.82, 2.24) is 4.98 Å². The summed E-state index contributed by atoms with van der Waals surface area (Å²) in [6.45, 7) is 1.99. The average Bonchev–Trinajstić information content (AvgIpc) is 2.35. The normalized spacial score (nSPS) is 12.5. The lowest BCUT2D eigenvalue weighted by Crippen LogP contribution is -2.12. The SMILES string of the molecule is CCCC(C(=O)O)c1cccc2cccnc12. The van der Waals surface area contributed by atoms with Gasteiger partial charge in [0, 0.05) is 11.6 Å². The van der Waals surface area contributed by atoms with Gasteiger partial charge in [0.2, 0.25) is 0 Å². The molecule has 2 rings (SSSR count). The van der Waals surface area contributed by atoms with Crippen molar-refractivity contribution >= 4 is 16.9 Å². The number of aromatic nitrogens is 1. The van der Waals surface area contributed by atoms with Crippen molar-refractivity contribution in [2.75, 3.05) is 0 Å². The van der Waals surface area contributed by atoms with E-state index in [0.717, 1.165) is 22.9 Å².